The van der Waals surface area contributed by atoms with E-state index in [1.165, 1.54) is 16.3 Å². The molecule has 4 heteroatoms. The van der Waals surface area contributed by atoms with Crippen LogP contribution < -0.4 is 5.73 Å². The minimum atomic E-state index is -0.157. The first kappa shape index (κ1) is 15.6. The molecule has 2 heterocycles. The third-order valence-corrected chi connectivity index (χ3v) is 4.55. The first-order valence-corrected chi connectivity index (χ1v) is 8.54. The number of benzene rings is 2. The molecule has 2 aromatic carbocycles. The van der Waals surface area contributed by atoms with Crippen LogP contribution in [0.2, 0.25) is 0 Å². The van der Waals surface area contributed by atoms with E-state index in [0.717, 1.165) is 28.8 Å². The van der Waals surface area contributed by atoms with E-state index in [1.807, 2.05) is 10.7 Å². The lowest BCUT2D eigenvalue weighted by atomic mass is 10.00. The molecule has 4 aromatic rings. The second kappa shape index (κ2) is 5.59. The molecule has 25 heavy (non-hydrogen) atoms. The number of pyridine rings is 1. The summed E-state index contributed by atoms with van der Waals surface area (Å²) in [5.74, 6) is 0. The minimum Gasteiger partial charge on any atom is -0.398 e. The number of hydrogen-bond acceptors (Lipinski definition) is 3. The van der Waals surface area contributed by atoms with Crippen LogP contribution in [0.3, 0.4) is 0 Å². The predicted octanol–water partition coefficient (Wildman–Crippen LogP) is 4.51. The summed E-state index contributed by atoms with van der Waals surface area (Å²) in [6.07, 6.45) is 2.49. The molecule has 0 fully saturated rings. The number of hydrogen-bond donors (Lipinski definition) is 1. The molecule has 0 atom stereocenters. The summed E-state index contributed by atoms with van der Waals surface area (Å²) < 4.78 is 1.99. The molecule has 2 aromatic heterocycles. The van der Waals surface area contributed by atoms with E-state index in [-0.39, 0.29) is 5.54 Å². The van der Waals surface area contributed by atoms with E-state index in [9.17, 15) is 0 Å². The topological polar surface area (TPSA) is 56.7 Å². The van der Waals surface area contributed by atoms with Gasteiger partial charge < -0.3 is 5.73 Å². The van der Waals surface area contributed by atoms with E-state index >= 15 is 0 Å². The zero-order chi connectivity index (χ0) is 17.6. The van der Waals surface area contributed by atoms with Gasteiger partial charge in [-0.1, -0.05) is 42.5 Å². The average molecular weight is 330 g/mol. The van der Waals surface area contributed by atoms with Crippen molar-refractivity contribution in [1.29, 1.82) is 0 Å². The Labute approximate surface area is 147 Å². The van der Waals surface area contributed by atoms with Crippen molar-refractivity contribution in [3.05, 3.63) is 66.0 Å². The maximum atomic E-state index is 6.29. The van der Waals surface area contributed by atoms with Gasteiger partial charge in [0.15, 0.2) is 5.65 Å². The maximum absolute atomic E-state index is 6.29. The van der Waals surface area contributed by atoms with Crippen LogP contribution in [0.1, 0.15) is 32.0 Å². The fourth-order valence-electron chi connectivity index (χ4n) is 3.36. The van der Waals surface area contributed by atoms with Gasteiger partial charge in [0, 0.05) is 18.3 Å². The number of anilines is 1. The van der Waals surface area contributed by atoms with E-state index in [2.05, 4.69) is 68.2 Å². The number of nitrogens with two attached hydrogens (primary N) is 1. The third-order valence-electron chi connectivity index (χ3n) is 4.55. The fourth-order valence-corrected chi connectivity index (χ4v) is 3.36. The summed E-state index contributed by atoms with van der Waals surface area (Å²) in [4.78, 5) is 4.55. The molecule has 126 valence electrons. The number of rotatable bonds is 2. The summed E-state index contributed by atoms with van der Waals surface area (Å²) in [6.45, 7) is 6.39. The zero-order valence-electron chi connectivity index (χ0n) is 14.8. The van der Waals surface area contributed by atoms with Crippen LogP contribution in [0.15, 0.2) is 54.7 Å². The van der Waals surface area contributed by atoms with E-state index < -0.39 is 0 Å². The van der Waals surface area contributed by atoms with Crippen LogP contribution in [0.25, 0.3) is 21.8 Å². The van der Waals surface area contributed by atoms with Gasteiger partial charge in [-0.3, -0.25) is 0 Å². The Kier molecular flexibility index (Phi) is 3.49. The normalized spacial score (nSPS) is 12.1. The second-order valence-corrected chi connectivity index (χ2v) is 7.44. The summed E-state index contributed by atoms with van der Waals surface area (Å²) in [7, 11) is 0. The number of fused-ring (bicyclic) bond motifs is 2. The highest BCUT2D eigenvalue weighted by atomic mass is 15.3. The largest absolute Gasteiger partial charge is 0.398 e. The molecule has 2 N–H and O–H groups in total. The maximum Gasteiger partial charge on any atom is 0.160 e. The molecule has 0 aliphatic carbocycles. The Morgan fingerprint density at radius 3 is 2.56 bits per heavy atom. The van der Waals surface area contributed by atoms with Crippen LogP contribution >= 0.6 is 0 Å². The molecule has 0 saturated carbocycles. The highest BCUT2D eigenvalue weighted by Gasteiger charge is 2.22. The molecule has 0 aliphatic heterocycles. The molecule has 0 aliphatic rings. The van der Waals surface area contributed by atoms with Crippen molar-refractivity contribution in [1.82, 2.24) is 14.8 Å². The van der Waals surface area contributed by atoms with Crippen molar-refractivity contribution in [3.63, 3.8) is 0 Å². The van der Waals surface area contributed by atoms with Gasteiger partial charge in [-0.05, 0) is 43.2 Å². The van der Waals surface area contributed by atoms with Crippen molar-refractivity contribution in [2.24, 2.45) is 0 Å². The average Bonchev–Trinajstić information content (AvgIpc) is 2.95. The van der Waals surface area contributed by atoms with Gasteiger partial charge >= 0.3 is 0 Å². The molecule has 4 rings (SSSR count). The SMILES string of the molecule is CC(C)(C)n1nc(Cc2cccc3ccccc23)c2c(N)ccnc21. The zero-order valence-corrected chi connectivity index (χ0v) is 14.8. The number of nitrogens with zero attached hydrogens (tertiary/aromatic N) is 3. The summed E-state index contributed by atoms with van der Waals surface area (Å²) in [6, 6.07) is 16.7. The third kappa shape index (κ3) is 2.64. The molecule has 0 saturated heterocycles. The molecular formula is C21H22N4. The lowest BCUT2D eigenvalue weighted by molar-refractivity contribution is 0.363. The summed E-state index contributed by atoms with van der Waals surface area (Å²) in [5.41, 5.74) is 9.94. The highest BCUT2D eigenvalue weighted by Crippen LogP contribution is 2.30. The quantitative estimate of drug-likeness (QED) is 0.588. The Balaban J connectivity index is 1.92. The first-order valence-electron chi connectivity index (χ1n) is 8.54. The molecule has 0 radical (unpaired) electrons. The smallest absolute Gasteiger partial charge is 0.160 e. The molecule has 0 amide bonds. The van der Waals surface area contributed by atoms with Gasteiger partial charge in [0.05, 0.1) is 16.6 Å². The summed E-state index contributed by atoms with van der Waals surface area (Å²) in [5, 5.41) is 8.36. The lowest BCUT2D eigenvalue weighted by Crippen LogP contribution is -2.23. The second-order valence-electron chi connectivity index (χ2n) is 7.44. The van der Waals surface area contributed by atoms with Crippen LogP contribution in [0.5, 0.6) is 0 Å². The van der Waals surface area contributed by atoms with Gasteiger partial charge in [0.25, 0.3) is 0 Å². The Morgan fingerprint density at radius 2 is 1.76 bits per heavy atom. The van der Waals surface area contributed by atoms with Gasteiger partial charge in [0.1, 0.15) is 0 Å². The van der Waals surface area contributed by atoms with Gasteiger partial charge in [-0.2, -0.15) is 5.10 Å². The van der Waals surface area contributed by atoms with Crippen LogP contribution in [0.4, 0.5) is 5.69 Å². The van der Waals surface area contributed by atoms with Crippen molar-refractivity contribution in [2.45, 2.75) is 32.7 Å². The standard InChI is InChI=1S/C21H22N4/c1-21(2,3)25-20-19(17(22)11-12-23-20)18(24-25)13-15-9-6-8-14-7-4-5-10-16(14)15/h4-12H,13H2,1-3H3,(H2,22,23). The molecule has 0 bridgehead atoms. The Bertz CT molecular complexity index is 1070. The van der Waals surface area contributed by atoms with Crippen LogP contribution in [-0.2, 0) is 12.0 Å². The van der Waals surface area contributed by atoms with E-state index in [4.69, 9.17) is 10.8 Å². The predicted molar refractivity (Wildman–Crippen MR) is 104 cm³/mol. The highest BCUT2D eigenvalue weighted by molar-refractivity contribution is 5.92. The molecule has 0 spiro atoms. The molecule has 0 unspecified atom stereocenters. The first-order chi connectivity index (χ1) is 11.9. The number of aromatic nitrogens is 3. The lowest BCUT2D eigenvalue weighted by Gasteiger charge is -2.19. The van der Waals surface area contributed by atoms with Gasteiger partial charge in [0.2, 0.25) is 0 Å². The minimum absolute atomic E-state index is 0.157. The number of nitrogen functional groups attached to an aromatic ring is 1. The summed E-state index contributed by atoms with van der Waals surface area (Å²) >= 11 is 0. The van der Waals surface area contributed by atoms with Crippen LogP contribution in [0, 0.1) is 0 Å². The monoisotopic (exact) mass is 330 g/mol. The van der Waals surface area contributed by atoms with Crippen LogP contribution in [-0.4, -0.2) is 14.8 Å². The Hall–Kier alpha value is -2.88. The van der Waals surface area contributed by atoms with E-state index in [1.54, 1.807) is 6.20 Å². The molecule has 4 nitrogen and oxygen atoms in total. The van der Waals surface area contributed by atoms with Crippen molar-refractivity contribution in [3.8, 4) is 0 Å². The van der Waals surface area contributed by atoms with Crippen molar-refractivity contribution >= 4 is 27.5 Å². The van der Waals surface area contributed by atoms with Crippen molar-refractivity contribution in [2.75, 3.05) is 5.73 Å². The molecular weight excluding hydrogens is 308 g/mol. The van der Waals surface area contributed by atoms with E-state index in [0.29, 0.717) is 0 Å². The van der Waals surface area contributed by atoms with Gasteiger partial charge in [-0.15, -0.1) is 0 Å². The van der Waals surface area contributed by atoms with Gasteiger partial charge in [-0.25, -0.2) is 9.67 Å². The fraction of sp³-hybridized carbons (Fsp3) is 0.238. The van der Waals surface area contributed by atoms with Crippen molar-refractivity contribution < 1.29 is 0 Å². The Morgan fingerprint density at radius 1 is 1.00 bits per heavy atom.